The average Bonchev–Trinajstić information content (AvgIpc) is 2.61. The number of halogens is 4. The van der Waals surface area contributed by atoms with Crippen LogP contribution in [0, 0.1) is 29.2 Å². The highest BCUT2D eigenvalue weighted by Crippen LogP contribution is 2.16. The number of nitrogen functional groups attached to an aromatic ring is 1. The maximum Gasteiger partial charge on any atom is 0.318 e. The molecule has 0 aliphatic heterocycles. The zero-order chi connectivity index (χ0) is 20.6. The minimum Gasteiger partial charge on any atom is -0.465 e. The van der Waals surface area contributed by atoms with Gasteiger partial charge in [0.25, 0.3) is 0 Å². The van der Waals surface area contributed by atoms with E-state index in [1.165, 1.54) is 13.0 Å². The third-order valence-corrected chi connectivity index (χ3v) is 3.18. The van der Waals surface area contributed by atoms with Crippen LogP contribution in [0.15, 0.2) is 36.4 Å². The molecule has 3 N–H and O–H groups in total. The number of rotatable bonds is 4. The van der Waals surface area contributed by atoms with Crippen molar-refractivity contribution >= 4 is 23.3 Å². The first kappa shape index (κ1) is 21.9. The molecule has 5 nitrogen and oxygen atoms in total. The van der Waals surface area contributed by atoms with Gasteiger partial charge in [-0.25, -0.2) is 17.6 Å². The second kappa shape index (κ2) is 10.1. The average molecular weight is 386 g/mol. The molecule has 2 aromatic carbocycles. The Kier molecular flexibility index (Phi) is 8.25. The fourth-order valence-electron chi connectivity index (χ4n) is 1.71. The first-order valence-electron chi connectivity index (χ1n) is 7.78. The largest absolute Gasteiger partial charge is 0.465 e. The third-order valence-electron chi connectivity index (χ3n) is 3.18. The van der Waals surface area contributed by atoms with E-state index in [0.717, 1.165) is 24.3 Å². The van der Waals surface area contributed by atoms with Crippen LogP contribution in [0.2, 0.25) is 0 Å². The van der Waals surface area contributed by atoms with Crippen molar-refractivity contribution in [3.05, 3.63) is 59.7 Å². The number of carbonyl (C=O) groups is 2. The van der Waals surface area contributed by atoms with Crippen LogP contribution in [0.25, 0.3) is 0 Å². The minimum atomic E-state index is -1.06. The topological polar surface area (TPSA) is 81.4 Å². The molecule has 1 unspecified atom stereocenters. The molecule has 146 valence electrons. The molecule has 0 radical (unpaired) electrons. The molecule has 0 bridgehead atoms. The van der Waals surface area contributed by atoms with E-state index in [1.807, 2.05) is 0 Å². The van der Waals surface area contributed by atoms with E-state index < -0.39 is 41.1 Å². The summed E-state index contributed by atoms with van der Waals surface area (Å²) in [6, 6.07) is 5.78. The van der Waals surface area contributed by atoms with Gasteiger partial charge in [-0.05, 0) is 38.1 Å². The number of anilines is 2. The lowest BCUT2D eigenvalue weighted by atomic mass is 10.1. The zero-order valence-electron chi connectivity index (χ0n) is 14.6. The molecule has 0 aliphatic carbocycles. The Morgan fingerprint density at radius 3 is 2.07 bits per heavy atom. The van der Waals surface area contributed by atoms with Gasteiger partial charge >= 0.3 is 5.97 Å². The first-order chi connectivity index (χ1) is 12.6. The van der Waals surface area contributed by atoms with Gasteiger partial charge < -0.3 is 15.8 Å². The molecule has 0 spiro atoms. The number of hydrogen-bond donors (Lipinski definition) is 2. The summed E-state index contributed by atoms with van der Waals surface area (Å²) >= 11 is 0. The maximum absolute atomic E-state index is 13.3. The lowest BCUT2D eigenvalue weighted by Gasteiger charge is -2.11. The SMILES string of the molecule is CCOC(=O)C(C)C(=O)Nc1ccc(F)cc1F.Nc1ccc(F)cc1F. The number of nitrogens with one attached hydrogen (secondary N) is 1. The Balaban J connectivity index is 0.000000337. The van der Waals surface area contributed by atoms with Gasteiger partial charge in [0.05, 0.1) is 18.0 Å². The smallest absolute Gasteiger partial charge is 0.318 e. The molecule has 1 atom stereocenters. The van der Waals surface area contributed by atoms with Crippen molar-refractivity contribution in [3.63, 3.8) is 0 Å². The van der Waals surface area contributed by atoms with E-state index in [0.29, 0.717) is 6.07 Å². The van der Waals surface area contributed by atoms with Crippen LogP contribution >= 0.6 is 0 Å². The highest BCUT2D eigenvalue weighted by atomic mass is 19.1. The van der Waals surface area contributed by atoms with Gasteiger partial charge in [0, 0.05) is 12.1 Å². The monoisotopic (exact) mass is 386 g/mol. The highest BCUT2D eigenvalue weighted by molar-refractivity contribution is 6.04. The van der Waals surface area contributed by atoms with E-state index >= 15 is 0 Å². The van der Waals surface area contributed by atoms with Crippen LogP contribution < -0.4 is 11.1 Å². The van der Waals surface area contributed by atoms with Gasteiger partial charge in [0.2, 0.25) is 5.91 Å². The summed E-state index contributed by atoms with van der Waals surface area (Å²) in [4.78, 5) is 22.9. The predicted molar refractivity (Wildman–Crippen MR) is 91.6 cm³/mol. The number of ether oxygens (including phenoxy) is 1. The summed E-state index contributed by atoms with van der Waals surface area (Å²) < 4.78 is 54.8. The maximum atomic E-state index is 13.3. The van der Waals surface area contributed by atoms with Gasteiger partial charge in [0.15, 0.2) is 0 Å². The van der Waals surface area contributed by atoms with E-state index in [9.17, 15) is 27.2 Å². The van der Waals surface area contributed by atoms with Crippen LogP contribution in [0.1, 0.15) is 13.8 Å². The molecule has 0 heterocycles. The quantitative estimate of drug-likeness (QED) is 0.364. The summed E-state index contributed by atoms with van der Waals surface area (Å²) in [6.07, 6.45) is 0. The third kappa shape index (κ3) is 6.96. The molecular formula is C18H18F4N2O3. The summed E-state index contributed by atoms with van der Waals surface area (Å²) in [7, 11) is 0. The van der Waals surface area contributed by atoms with E-state index in [-0.39, 0.29) is 18.0 Å². The number of hydrogen-bond acceptors (Lipinski definition) is 4. The minimum absolute atomic E-state index is 0.0311. The van der Waals surface area contributed by atoms with E-state index in [2.05, 4.69) is 10.1 Å². The first-order valence-corrected chi connectivity index (χ1v) is 7.78. The highest BCUT2D eigenvalue weighted by Gasteiger charge is 2.23. The van der Waals surface area contributed by atoms with Crippen LogP contribution in [-0.4, -0.2) is 18.5 Å². The van der Waals surface area contributed by atoms with Gasteiger partial charge in [-0.1, -0.05) is 0 Å². The molecular weight excluding hydrogens is 368 g/mol. The van der Waals surface area contributed by atoms with Crippen molar-refractivity contribution < 1.29 is 31.9 Å². The Labute approximate surface area is 153 Å². The molecule has 0 aliphatic rings. The second-order valence-corrected chi connectivity index (χ2v) is 5.25. The molecule has 1 amide bonds. The van der Waals surface area contributed by atoms with Gasteiger partial charge in [0.1, 0.15) is 29.2 Å². The zero-order valence-corrected chi connectivity index (χ0v) is 14.6. The molecule has 0 fully saturated rings. The predicted octanol–water partition coefficient (Wildman–Crippen LogP) is 3.65. The summed E-state index contributed by atoms with van der Waals surface area (Å²) in [5, 5.41) is 2.20. The summed E-state index contributed by atoms with van der Waals surface area (Å²) in [6.45, 7) is 3.11. The fraction of sp³-hybridized carbons (Fsp3) is 0.222. The molecule has 0 aromatic heterocycles. The van der Waals surface area contributed by atoms with Gasteiger partial charge in [-0.3, -0.25) is 9.59 Å². The van der Waals surface area contributed by atoms with Crippen molar-refractivity contribution in [1.29, 1.82) is 0 Å². The lowest BCUT2D eigenvalue weighted by Crippen LogP contribution is -2.29. The molecule has 2 rings (SSSR count). The Hall–Kier alpha value is -3.10. The normalized spacial score (nSPS) is 11.0. The fourth-order valence-corrected chi connectivity index (χ4v) is 1.71. The van der Waals surface area contributed by atoms with Crippen LogP contribution in [0.5, 0.6) is 0 Å². The van der Waals surface area contributed by atoms with Crippen molar-refractivity contribution in [2.75, 3.05) is 17.7 Å². The van der Waals surface area contributed by atoms with Gasteiger partial charge in [-0.15, -0.1) is 0 Å². The number of benzene rings is 2. The molecule has 27 heavy (non-hydrogen) atoms. The van der Waals surface area contributed by atoms with Crippen molar-refractivity contribution in [2.24, 2.45) is 5.92 Å². The number of amides is 1. The van der Waals surface area contributed by atoms with E-state index in [4.69, 9.17) is 5.73 Å². The van der Waals surface area contributed by atoms with E-state index in [1.54, 1.807) is 6.92 Å². The molecule has 9 heteroatoms. The van der Waals surface area contributed by atoms with Crippen LogP contribution in [0.4, 0.5) is 28.9 Å². The lowest BCUT2D eigenvalue weighted by molar-refractivity contribution is -0.150. The van der Waals surface area contributed by atoms with Crippen molar-refractivity contribution in [3.8, 4) is 0 Å². The summed E-state index contributed by atoms with van der Waals surface area (Å²) in [5.74, 6) is -5.44. The Bertz CT molecular complexity index is 815. The standard InChI is InChI=1S/C12H13F2NO3.C6H5F2N/c1-3-18-12(17)7(2)11(16)15-10-5-4-8(13)6-9(10)14;7-4-1-2-6(9)5(8)3-4/h4-7H,3H2,1-2H3,(H,15,16);1-3H,9H2. The van der Waals surface area contributed by atoms with Crippen molar-refractivity contribution in [2.45, 2.75) is 13.8 Å². The molecule has 2 aromatic rings. The summed E-state index contributed by atoms with van der Waals surface area (Å²) in [5.41, 5.74) is 4.83. The second-order valence-electron chi connectivity index (χ2n) is 5.25. The van der Waals surface area contributed by atoms with Crippen LogP contribution in [-0.2, 0) is 14.3 Å². The molecule has 0 saturated heterocycles. The van der Waals surface area contributed by atoms with Crippen molar-refractivity contribution in [1.82, 2.24) is 0 Å². The number of esters is 1. The number of carbonyl (C=O) groups excluding carboxylic acids is 2. The number of nitrogens with two attached hydrogens (primary N) is 1. The Morgan fingerprint density at radius 1 is 1.04 bits per heavy atom. The molecule has 0 saturated carbocycles. The Morgan fingerprint density at radius 2 is 1.59 bits per heavy atom. The van der Waals surface area contributed by atoms with Gasteiger partial charge in [-0.2, -0.15) is 0 Å². The van der Waals surface area contributed by atoms with Crippen LogP contribution in [0.3, 0.4) is 0 Å².